The van der Waals surface area contributed by atoms with Gasteiger partial charge in [-0.1, -0.05) is 6.08 Å². The maximum Gasteiger partial charge on any atom is 0.0943 e. The Labute approximate surface area is 95.8 Å². The fourth-order valence-corrected chi connectivity index (χ4v) is 2.35. The number of rotatable bonds is 2. The molecule has 0 aromatic heterocycles. The van der Waals surface area contributed by atoms with Crippen molar-refractivity contribution in [1.82, 2.24) is 0 Å². The molecule has 1 heterocycles. The summed E-state index contributed by atoms with van der Waals surface area (Å²) in [6.45, 7) is 0. The van der Waals surface area contributed by atoms with Crippen molar-refractivity contribution < 1.29 is 5.11 Å². The van der Waals surface area contributed by atoms with Gasteiger partial charge >= 0.3 is 0 Å². The third-order valence-electron chi connectivity index (χ3n) is 3.29. The largest absolute Gasteiger partial charge is 0.388 e. The first-order chi connectivity index (χ1) is 7.81. The van der Waals surface area contributed by atoms with E-state index < -0.39 is 6.10 Å². The molecule has 2 rings (SSSR count). The zero-order valence-corrected chi connectivity index (χ0v) is 9.26. The highest BCUT2D eigenvalue weighted by molar-refractivity contribution is 5.60. The van der Waals surface area contributed by atoms with Gasteiger partial charge in [0.1, 0.15) is 0 Å². The predicted octanol–water partition coefficient (Wildman–Crippen LogP) is 2.35. The summed E-state index contributed by atoms with van der Waals surface area (Å²) in [7, 11) is 0. The van der Waals surface area contributed by atoms with Gasteiger partial charge in [0, 0.05) is 18.0 Å². The molecule has 16 heavy (non-hydrogen) atoms. The molecule has 3 heteroatoms. The molecule has 0 fully saturated rings. The molecule has 0 amide bonds. The first-order valence-corrected chi connectivity index (χ1v) is 5.79. The fraction of sp³-hybridized carbons (Fsp3) is 0.538. The van der Waals surface area contributed by atoms with Crippen molar-refractivity contribution in [3.63, 3.8) is 0 Å². The van der Waals surface area contributed by atoms with Crippen LogP contribution in [0.4, 0.5) is 0 Å². The summed E-state index contributed by atoms with van der Waals surface area (Å²) in [4.78, 5) is 4.09. The van der Waals surface area contributed by atoms with E-state index >= 15 is 0 Å². The Hall–Kier alpha value is -1.40. The molecule has 0 radical (unpaired) electrons. The monoisotopic (exact) mass is 216 g/mol. The molecule has 1 N–H and O–H groups in total. The van der Waals surface area contributed by atoms with Gasteiger partial charge in [-0.05, 0) is 43.6 Å². The quantitative estimate of drug-likeness (QED) is 0.770. The zero-order chi connectivity index (χ0) is 11.4. The summed E-state index contributed by atoms with van der Waals surface area (Å²) < 4.78 is 0. The van der Waals surface area contributed by atoms with Crippen LogP contribution in [0.15, 0.2) is 28.4 Å². The second kappa shape index (κ2) is 5.09. The lowest BCUT2D eigenvalue weighted by Gasteiger charge is -2.27. The smallest absolute Gasteiger partial charge is 0.0943 e. The van der Waals surface area contributed by atoms with Gasteiger partial charge in [0.25, 0.3) is 0 Å². The van der Waals surface area contributed by atoms with Gasteiger partial charge in [0.15, 0.2) is 0 Å². The van der Waals surface area contributed by atoms with E-state index in [2.05, 4.69) is 11.1 Å². The van der Waals surface area contributed by atoms with Crippen LogP contribution < -0.4 is 0 Å². The Morgan fingerprint density at radius 3 is 3.06 bits per heavy atom. The number of hydrogen-bond donors (Lipinski definition) is 1. The van der Waals surface area contributed by atoms with Gasteiger partial charge in [-0.25, -0.2) is 0 Å². The number of aliphatic hydroxyl groups is 1. The van der Waals surface area contributed by atoms with Crippen molar-refractivity contribution in [2.75, 3.05) is 0 Å². The highest BCUT2D eigenvalue weighted by atomic mass is 16.3. The van der Waals surface area contributed by atoms with Crippen molar-refractivity contribution in [2.24, 2.45) is 10.9 Å². The van der Waals surface area contributed by atoms with Crippen molar-refractivity contribution in [3.05, 3.63) is 23.4 Å². The molecule has 3 nitrogen and oxygen atoms in total. The first kappa shape index (κ1) is 11.1. The summed E-state index contributed by atoms with van der Waals surface area (Å²) in [6.07, 6.45) is 9.60. The van der Waals surface area contributed by atoms with Gasteiger partial charge in [-0.2, -0.15) is 5.26 Å². The lowest BCUT2D eigenvalue weighted by atomic mass is 9.81. The number of aliphatic imine (C=N–C) groups is 1. The third kappa shape index (κ3) is 2.40. The number of aliphatic hydroxyl groups excluding tert-OH is 1. The molecule has 84 valence electrons. The van der Waals surface area contributed by atoms with E-state index in [0.29, 0.717) is 6.42 Å². The molecule has 2 aliphatic rings. The van der Waals surface area contributed by atoms with Gasteiger partial charge < -0.3 is 5.11 Å². The number of nitriles is 1. The maximum absolute atomic E-state index is 10.2. The minimum atomic E-state index is -0.422. The van der Waals surface area contributed by atoms with Crippen LogP contribution in [0.5, 0.6) is 0 Å². The molecule has 0 aromatic carbocycles. The molecule has 0 spiro atoms. The van der Waals surface area contributed by atoms with Gasteiger partial charge in [-0.3, -0.25) is 4.99 Å². The van der Waals surface area contributed by atoms with E-state index in [1.54, 1.807) is 6.20 Å². The molecule has 1 aliphatic carbocycles. The van der Waals surface area contributed by atoms with Crippen LogP contribution in [-0.4, -0.2) is 17.4 Å². The molecular weight excluding hydrogens is 200 g/mol. The van der Waals surface area contributed by atoms with Gasteiger partial charge in [-0.15, -0.1) is 0 Å². The van der Waals surface area contributed by atoms with E-state index in [-0.39, 0.29) is 5.92 Å². The average molecular weight is 216 g/mol. The Bertz CT molecular complexity index is 387. The summed E-state index contributed by atoms with van der Waals surface area (Å²) in [5.41, 5.74) is 1.84. The van der Waals surface area contributed by atoms with Gasteiger partial charge in [0.05, 0.1) is 12.2 Å². The molecule has 2 unspecified atom stereocenters. The predicted molar refractivity (Wildman–Crippen MR) is 62.9 cm³/mol. The zero-order valence-electron chi connectivity index (χ0n) is 9.26. The minimum absolute atomic E-state index is 0.194. The summed E-state index contributed by atoms with van der Waals surface area (Å²) in [6, 6.07) is 2.19. The number of allylic oxidation sites excluding steroid dienone is 2. The van der Waals surface area contributed by atoms with E-state index in [4.69, 9.17) is 5.26 Å². The Kier molecular flexibility index (Phi) is 3.53. The Morgan fingerprint density at radius 2 is 2.38 bits per heavy atom. The third-order valence-corrected chi connectivity index (χ3v) is 3.29. The maximum atomic E-state index is 10.2. The second-order valence-electron chi connectivity index (χ2n) is 4.40. The van der Waals surface area contributed by atoms with E-state index in [1.807, 2.05) is 12.3 Å². The SMILES string of the molecule is N#CC1=CCCC(C(O)C2=CN=CCC2)C1. The summed E-state index contributed by atoms with van der Waals surface area (Å²) in [5, 5.41) is 19.1. The highest BCUT2D eigenvalue weighted by Crippen LogP contribution is 2.31. The van der Waals surface area contributed by atoms with Crippen LogP contribution in [0.3, 0.4) is 0 Å². The van der Waals surface area contributed by atoms with Crippen LogP contribution in [-0.2, 0) is 0 Å². The molecule has 0 saturated carbocycles. The standard InChI is InChI=1S/C13H16N2O/c14-8-10-3-1-4-11(7-10)13(16)12-5-2-6-15-9-12/h3,6,9,11,13,16H,1-2,4-5,7H2. The Balaban J connectivity index is 2.03. The van der Waals surface area contributed by atoms with Gasteiger partial charge in [0.2, 0.25) is 0 Å². The Morgan fingerprint density at radius 1 is 1.50 bits per heavy atom. The average Bonchev–Trinajstić information content (AvgIpc) is 2.39. The van der Waals surface area contributed by atoms with E-state index in [0.717, 1.165) is 36.8 Å². The van der Waals surface area contributed by atoms with Crippen molar-refractivity contribution in [1.29, 1.82) is 5.26 Å². The molecule has 1 aliphatic heterocycles. The number of nitrogens with zero attached hydrogens (tertiary/aromatic N) is 2. The highest BCUT2D eigenvalue weighted by Gasteiger charge is 2.26. The summed E-state index contributed by atoms with van der Waals surface area (Å²) in [5.74, 6) is 0.194. The van der Waals surface area contributed by atoms with Crippen LogP contribution >= 0.6 is 0 Å². The lowest BCUT2D eigenvalue weighted by Crippen LogP contribution is -2.25. The molecular formula is C13H16N2O. The number of hydrogen-bond acceptors (Lipinski definition) is 3. The summed E-state index contributed by atoms with van der Waals surface area (Å²) >= 11 is 0. The topological polar surface area (TPSA) is 56.4 Å². The van der Waals surface area contributed by atoms with Crippen molar-refractivity contribution in [3.8, 4) is 6.07 Å². The first-order valence-electron chi connectivity index (χ1n) is 5.79. The molecule has 2 atom stereocenters. The fourth-order valence-electron chi connectivity index (χ4n) is 2.35. The molecule has 0 bridgehead atoms. The van der Waals surface area contributed by atoms with Crippen molar-refractivity contribution >= 4 is 6.21 Å². The van der Waals surface area contributed by atoms with Crippen molar-refractivity contribution in [2.45, 2.75) is 38.2 Å². The van der Waals surface area contributed by atoms with Crippen LogP contribution in [0.1, 0.15) is 32.1 Å². The van der Waals surface area contributed by atoms with E-state index in [1.165, 1.54) is 0 Å². The normalized spacial score (nSPS) is 26.6. The molecule has 0 saturated heterocycles. The lowest BCUT2D eigenvalue weighted by molar-refractivity contribution is 0.130. The second-order valence-corrected chi connectivity index (χ2v) is 4.40. The van der Waals surface area contributed by atoms with Crippen LogP contribution in [0.25, 0.3) is 0 Å². The molecule has 0 aromatic rings. The van der Waals surface area contributed by atoms with Crippen LogP contribution in [0, 0.1) is 17.2 Å². The van der Waals surface area contributed by atoms with E-state index in [9.17, 15) is 5.11 Å². The van der Waals surface area contributed by atoms with Crippen LogP contribution in [0.2, 0.25) is 0 Å². The minimum Gasteiger partial charge on any atom is -0.388 e.